The van der Waals surface area contributed by atoms with Crippen molar-refractivity contribution in [3.63, 3.8) is 0 Å². The molecule has 0 atom stereocenters. The van der Waals surface area contributed by atoms with Gasteiger partial charge in [-0.3, -0.25) is 10.1 Å². The van der Waals surface area contributed by atoms with Gasteiger partial charge in [0.1, 0.15) is 9.90 Å². The van der Waals surface area contributed by atoms with Gasteiger partial charge in [-0.15, -0.1) is 11.3 Å². The Morgan fingerprint density at radius 2 is 1.89 bits per heavy atom. The van der Waals surface area contributed by atoms with Crippen molar-refractivity contribution in [2.75, 3.05) is 18.0 Å². The molecule has 0 bridgehead atoms. The molecule has 3 rings (SSSR count). The van der Waals surface area contributed by atoms with Gasteiger partial charge in [0.15, 0.2) is 0 Å². The first kappa shape index (κ1) is 20.6. The molecule has 2 aromatic rings. The molecule has 1 fully saturated rings. The van der Waals surface area contributed by atoms with E-state index in [2.05, 4.69) is 4.72 Å². The summed E-state index contributed by atoms with van der Waals surface area (Å²) in [5, 5.41) is 12.9. The van der Waals surface area contributed by atoms with E-state index in [1.54, 1.807) is 16.3 Å². The molecule has 0 saturated carbocycles. The lowest BCUT2D eigenvalue weighted by atomic mass is 10.0. The van der Waals surface area contributed by atoms with Crippen molar-refractivity contribution in [2.45, 2.75) is 29.3 Å². The average molecular weight is 435 g/mol. The number of nitro groups is 1. The molecule has 2 heterocycles. The number of nitrogens with one attached hydrogen (secondary N) is 1. The Kier molecular flexibility index (Phi) is 5.64. The summed E-state index contributed by atoms with van der Waals surface area (Å²) in [5.74, 6) is 0. The summed E-state index contributed by atoms with van der Waals surface area (Å²) in [7, 11) is -3.63. The van der Waals surface area contributed by atoms with Gasteiger partial charge >= 0.3 is 6.18 Å². The van der Waals surface area contributed by atoms with E-state index >= 15 is 0 Å². The number of piperidine rings is 1. The normalized spacial score (nSPS) is 16.3. The van der Waals surface area contributed by atoms with E-state index in [4.69, 9.17) is 0 Å². The van der Waals surface area contributed by atoms with Gasteiger partial charge in [0.05, 0.1) is 10.5 Å². The quantitative estimate of drug-likeness (QED) is 0.572. The fourth-order valence-electron chi connectivity index (χ4n) is 3.05. The third-order valence-corrected chi connectivity index (χ3v) is 7.33. The molecule has 1 aliphatic rings. The first-order valence-corrected chi connectivity index (χ1v) is 10.6. The van der Waals surface area contributed by atoms with E-state index in [0.717, 1.165) is 23.5 Å². The zero-order chi connectivity index (χ0) is 20.5. The van der Waals surface area contributed by atoms with Crippen LogP contribution in [0.25, 0.3) is 0 Å². The molecule has 0 spiro atoms. The van der Waals surface area contributed by atoms with Gasteiger partial charge in [-0.25, -0.2) is 13.1 Å². The second kappa shape index (κ2) is 7.68. The topological polar surface area (TPSA) is 92.6 Å². The number of nitrogens with zero attached hydrogens (tertiary/aromatic N) is 2. The SMILES string of the molecule is O=[N+]([O-])c1cc(C(F)(F)F)ccc1N1CCC(NS(=O)(=O)c2cccs2)CC1. The van der Waals surface area contributed by atoms with Crippen LogP contribution in [0, 0.1) is 10.1 Å². The molecule has 152 valence electrons. The van der Waals surface area contributed by atoms with Crippen molar-refractivity contribution in [2.24, 2.45) is 0 Å². The predicted molar refractivity (Wildman–Crippen MR) is 98.0 cm³/mol. The first-order chi connectivity index (χ1) is 13.1. The molecule has 28 heavy (non-hydrogen) atoms. The van der Waals surface area contributed by atoms with Crippen LogP contribution in [-0.2, 0) is 16.2 Å². The fraction of sp³-hybridized carbons (Fsp3) is 0.375. The summed E-state index contributed by atoms with van der Waals surface area (Å²) in [5.41, 5.74) is -1.61. The van der Waals surface area contributed by atoms with Crippen LogP contribution in [0.4, 0.5) is 24.5 Å². The van der Waals surface area contributed by atoms with Crippen LogP contribution in [0.5, 0.6) is 0 Å². The minimum absolute atomic E-state index is 0.0950. The smallest absolute Gasteiger partial charge is 0.366 e. The largest absolute Gasteiger partial charge is 0.416 e. The zero-order valence-corrected chi connectivity index (χ0v) is 16.0. The Morgan fingerprint density at radius 3 is 2.43 bits per heavy atom. The van der Waals surface area contributed by atoms with E-state index in [0.29, 0.717) is 18.9 Å². The number of hydrogen-bond donors (Lipinski definition) is 1. The Hall–Kier alpha value is -2.18. The third kappa shape index (κ3) is 4.45. The molecule has 0 radical (unpaired) electrons. The second-order valence-corrected chi connectivity index (χ2v) is 9.16. The van der Waals surface area contributed by atoms with Crippen LogP contribution in [-0.4, -0.2) is 32.5 Å². The number of rotatable bonds is 5. The summed E-state index contributed by atoms with van der Waals surface area (Å²) in [6, 6.07) is 5.21. The maximum atomic E-state index is 12.8. The Labute approximate surface area is 163 Å². The number of halogens is 3. The van der Waals surface area contributed by atoms with Crippen LogP contribution >= 0.6 is 11.3 Å². The molecule has 1 N–H and O–H groups in total. The summed E-state index contributed by atoms with van der Waals surface area (Å²) in [4.78, 5) is 12.0. The monoisotopic (exact) mass is 435 g/mol. The first-order valence-electron chi connectivity index (χ1n) is 8.24. The highest BCUT2D eigenvalue weighted by Crippen LogP contribution is 2.37. The van der Waals surface area contributed by atoms with Gasteiger partial charge < -0.3 is 4.90 Å². The summed E-state index contributed by atoms with van der Waals surface area (Å²) < 4.78 is 65.9. The Morgan fingerprint density at radius 1 is 1.21 bits per heavy atom. The molecule has 1 aromatic heterocycles. The van der Waals surface area contributed by atoms with E-state index in [-0.39, 0.29) is 29.0 Å². The molecule has 0 amide bonds. The van der Waals surface area contributed by atoms with Gasteiger partial charge in [0.2, 0.25) is 10.0 Å². The third-order valence-electron chi connectivity index (χ3n) is 4.42. The van der Waals surface area contributed by atoms with E-state index in [1.165, 1.54) is 6.07 Å². The van der Waals surface area contributed by atoms with Crippen molar-refractivity contribution in [3.8, 4) is 0 Å². The van der Waals surface area contributed by atoms with Gasteiger partial charge in [-0.1, -0.05) is 6.07 Å². The number of anilines is 1. The number of benzene rings is 1. The minimum Gasteiger partial charge on any atom is -0.366 e. The number of thiophene rings is 1. The summed E-state index contributed by atoms with van der Waals surface area (Å²) in [6.07, 6.45) is -3.91. The highest BCUT2D eigenvalue weighted by molar-refractivity contribution is 7.91. The lowest BCUT2D eigenvalue weighted by Crippen LogP contribution is -2.44. The Bertz CT molecular complexity index is 954. The van der Waals surface area contributed by atoms with Crippen molar-refractivity contribution >= 4 is 32.7 Å². The molecule has 7 nitrogen and oxygen atoms in total. The maximum Gasteiger partial charge on any atom is 0.416 e. The number of hydrogen-bond acceptors (Lipinski definition) is 6. The highest BCUT2D eigenvalue weighted by Gasteiger charge is 2.34. The molecule has 1 aromatic carbocycles. The van der Waals surface area contributed by atoms with Gasteiger partial charge in [-0.2, -0.15) is 13.2 Å². The van der Waals surface area contributed by atoms with Crippen LogP contribution in [0.3, 0.4) is 0 Å². The lowest BCUT2D eigenvalue weighted by Gasteiger charge is -2.33. The van der Waals surface area contributed by atoms with E-state index in [9.17, 15) is 31.7 Å². The summed E-state index contributed by atoms with van der Waals surface area (Å²) >= 11 is 1.10. The molecular formula is C16H16F3N3O4S2. The number of nitro benzene ring substituents is 1. The molecular weight excluding hydrogens is 419 g/mol. The van der Waals surface area contributed by atoms with Gasteiger partial charge in [-0.05, 0) is 36.4 Å². The number of sulfonamides is 1. The average Bonchev–Trinajstić information content (AvgIpc) is 3.16. The molecule has 0 aliphatic carbocycles. The van der Waals surface area contributed by atoms with Crippen LogP contribution < -0.4 is 9.62 Å². The van der Waals surface area contributed by atoms with Gasteiger partial charge in [0, 0.05) is 25.2 Å². The standard InChI is InChI=1S/C16H16F3N3O4S2/c17-16(18,19)11-3-4-13(14(10-11)22(23)24)21-7-5-12(6-8-21)20-28(25,26)15-2-1-9-27-15/h1-4,9-10,12,20H,5-8H2. The molecule has 1 aliphatic heterocycles. The highest BCUT2D eigenvalue weighted by atomic mass is 32.2. The van der Waals surface area contributed by atoms with Crippen LogP contribution in [0.2, 0.25) is 0 Å². The van der Waals surface area contributed by atoms with Crippen molar-refractivity contribution in [1.29, 1.82) is 0 Å². The molecule has 1 saturated heterocycles. The maximum absolute atomic E-state index is 12.8. The van der Waals surface area contributed by atoms with Gasteiger partial charge in [0.25, 0.3) is 5.69 Å². The summed E-state index contributed by atoms with van der Waals surface area (Å²) in [6.45, 7) is 0.563. The van der Waals surface area contributed by atoms with Crippen LogP contribution in [0.15, 0.2) is 39.9 Å². The van der Waals surface area contributed by atoms with Crippen molar-refractivity contribution in [3.05, 3.63) is 51.4 Å². The van der Waals surface area contributed by atoms with E-state index < -0.39 is 32.4 Å². The minimum atomic E-state index is -4.67. The van der Waals surface area contributed by atoms with Crippen molar-refractivity contribution in [1.82, 2.24) is 4.72 Å². The predicted octanol–water partition coefficient (Wildman–Crippen LogP) is 3.62. The molecule has 12 heteroatoms. The zero-order valence-electron chi connectivity index (χ0n) is 14.3. The fourth-order valence-corrected chi connectivity index (χ4v) is 5.36. The number of alkyl halides is 3. The van der Waals surface area contributed by atoms with E-state index in [1.807, 2.05) is 0 Å². The Balaban J connectivity index is 1.72. The van der Waals surface area contributed by atoms with Crippen molar-refractivity contribution < 1.29 is 26.5 Å². The second-order valence-electron chi connectivity index (χ2n) is 6.27. The lowest BCUT2D eigenvalue weighted by molar-refractivity contribution is -0.384. The van der Waals surface area contributed by atoms with Crippen LogP contribution in [0.1, 0.15) is 18.4 Å². The molecule has 0 unspecified atom stereocenters.